The van der Waals surface area contributed by atoms with Gasteiger partial charge in [0.1, 0.15) is 17.1 Å². The van der Waals surface area contributed by atoms with Gasteiger partial charge in [-0.1, -0.05) is 54.6 Å². The molecule has 0 aliphatic carbocycles. The summed E-state index contributed by atoms with van der Waals surface area (Å²) >= 11 is 0. The van der Waals surface area contributed by atoms with Crippen LogP contribution < -0.4 is 4.74 Å². The van der Waals surface area contributed by atoms with Gasteiger partial charge in [-0.3, -0.25) is 0 Å². The first-order valence-corrected chi connectivity index (χ1v) is 9.96. The van der Waals surface area contributed by atoms with E-state index < -0.39 is 0 Å². The summed E-state index contributed by atoms with van der Waals surface area (Å²) in [6.07, 6.45) is 0. The molecule has 0 atom stereocenters. The Morgan fingerprint density at radius 1 is 0.710 bits per heavy atom. The molecule has 0 amide bonds. The number of nitrogens with zero attached hydrogens (tertiary/aromatic N) is 3. The smallest absolute Gasteiger partial charge is 0.320 e. The first kappa shape index (κ1) is 18.8. The third-order valence-electron chi connectivity index (χ3n) is 5.14. The Morgan fingerprint density at radius 3 is 2.10 bits per heavy atom. The van der Waals surface area contributed by atoms with Crippen LogP contribution in [0, 0.1) is 0 Å². The predicted octanol–water partition coefficient (Wildman–Crippen LogP) is 5.32. The van der Waals surface area contributed by atoms with Gasteiger partial charge in [-0.25, -0.2) is 4.98 Å². The van der Waals surface area contributed by atoms with Crippen molar-refractivity contribution in [1.82, 2.24) is 15.0 Å². The molecule has 0 spiro atoms. The lowest BCUT2D eigenvalue weighted by Crippen LogP contribution is -2.03. The Bertz CT molecular complexity index is 1410. The summed E-state index contributed by atoms with van der Waals surface area (Å²) in [7, 11) is 0. The third kappa shape index (κ3) is 3.28. The summed E-state index contributed by atoms with van der Waals surface area (Å²) in [6, 6.07) is 22.9. The molecule has 0 aliphatic heterocycles. The van der Waals surface area contributed by atoms with Crippen LogP contribution >= 0.6 is 0 Å². The van der Waals surface area contributed by atoms with Crippen LogP contribution in [0.3, 0.4) is 0 Å². The van der Waals surface area contributed by atoms with Gasteiger partial charge in [0.2, 0.25) is 0 Å². The Morgan fingerprint density at radius 2 is 1.35 bits per heavy atom. The minimum Gasteiger partial charge on any atom is -0.507 e. The lowest BCUT2D eigenvalue weighted by Gasteiger charge is -2.12. The fourth-order valence-electron chi connectivity index (χ4n) is 3.78. The second kappa shape index (κ2) is 7.57. The molecule has 0 aliphatic rings. The van der Waals surface area contributed by atoms with Gasteiger partial charge < -0.3 is 14.9 Å². The third-order valence-corrected chi connectivity index (χ3v) is 5.14. The number of aromatic nitrogens is 3. The molecule has 0 fully saturated rings. The SMILES string of the molecule is CCOc1nc(-c2c(O)cccc2O)nc(-c2cc3ccccc3c3ccccc23)n1. The van der Waals surface area contributed by atoms with E-state index >= 15 is 0 Å². The highest BCUT2D eigenvalue weighted by Crippen LogP contribution is 2.38. The van der Waals surface area contributed by atoms with Gasteiger partial charge in [0.05, 0.1) is 6.61 Å². The zero-order valence-corrected chi connectivity index (χ0v) is 16.8. The van der Waals surface area contributed by atoms with Gasteiger partial charge in [0.25, 0.3) is 0 Å². The average molecular weight is 409 g/mol. The minimum absolute atomic E-state index is 0.122. The molecule has 1 heterocycles. The van der Waals surface area contributed by atoms with Crippen molar-refractivity contribution in [2.75, 3.05) is 6.61 Å². The molecule has 31 heavy (non-hydrogen) atoms. The zero-order chi connectivity index (χ0) is 21.4. The normalized spacial score (nSPS) is 11.1. The maximum atomic E-state index is 10.3. The van der Waals surface area contributed by atoms with Crippen LogP contribution in [0.5, 0.6) is 17.5 Å². The van der Waals surface area contributed by atoms with Gasteiger partial charge in [-0.15, -0.1) is 0 Å². The van der Waals surface area contributed by atoms with E-state index in [-0.39, 0.29) is 28.9 Å². The number of fused-ring (bicyclic) bond motifs is 3. The summed E-state index contributed by atoms with van der Waals surface area (Å²) in [6.45, 7) is 2.21. The van der Waals surface area contributed by atoms with Crippen molar-refractivity contribution in [2.45, 2.75) is 6.92 Å². The second-order valence-corrected chi connectivity index (χ2v) is 7.06. The van der Waals surface area contributed by atoms with Crippen LogP contribution in [0.1, 0.15) is 6.92 Å². The number of hydrogen-bond donors (Lipinski definition) is 2. The lowest BCUT2D eigenvalue weighted by molar-refractivity contribution is 0.312. The number of phenols is 2. The summed E-state index contributed by atoms with van der Waals surface area (Å²) in [5.41, 5.74) is 0.950. The van der Waals surface area contributed by atoms with Gasteiger partial charge in [-0.05, 0) is 46.7 Å². The summed E-state index contributed by atoms with van der Waals surface area (Å²) in [4.78, 5) is 13.5. The average Bonchev–Trinajstić information content (AvgIpc) is 2.78. The highest BCUT2D eigenvalue weighted by Gasteiger charge is 2.19. The highest BCUT2D eigenvalue weighted by atomic mass is 16.5. The predicted molar refractivity (Wildman–Crippen MR) is 120 cm³/mol. The standard InChI is InChI=1S/C25H19N3O3/c1-2-31-25-27-23(26-24(28-25)22-20(29)12-7-13-21(22)30)19-14-15-8-3-4-9-16(15)17-10-5-6-11-18(17)19/h3-14,29-30H,2H2,1H3. The monoisotopic (exact) mass is 409 g/mol. The quantitative estimate of drug-likeness (QED) is 0.391. The molecular weight excluding hydrogens is 390 g/mol. The maximum absolute atomic E-state index is 10.3. The van der Waals surface area contributed by atoms with E-state index in [0.29, 0.717) is 12.4 Å². The first-order chi connectivity index (χ1) is 15.2. The van der Waals surface area contributed by atoms with E-state index in [2.05, 4.69) is 27.1 Å². The molecule has 4 aromatic carbocycles. The molecule has 5 aromatic rings. The lowest BCUT2D eigenvalue weighted by atomic mass is 9.97. The van der Waals surface area contributed by atoms with Crippen molar-refractivity contribution in [3.05, 3.63) is 72.8 Å². The molecule has 0 saturated heterocycles. The molecule has 6 nitrogen and oxygen atoms in total. The van der Waals surface area contributed by atoms with Gasteiger partial charge in [0, 0.05) is 5.56 Å². The molecular formula is C25H19N3O3. The van der Waals surface area contributed by atoms with Crippen LogP contribution in [0.25, 0.3) is 44.3 Å². The van der Waals surface area contributed by atoms with Crippen LogP contribution in [0.4, 0.5) is 0 Å². The number of hydrogen-bond acceptors (Lipinski definition) is 6. The summed E-state index contributed by atoms with van der Waals surface area (Å²) in [5, 5.41) is 24.9. The molecule has 0 radical (unpaired) electrons. The van der Waals surface area contributed by atoms with Crippen molar-refractivity contribution in [1.29, 1.82) is 0 Å². The largest absolute Gasteiger partial charge is 0.507 e. The Hall–Kier alpha value is -4.19. The van der Waals surface area contributed by atoms with E-state index in [1.165, 1.54) is 12.1 Å². The maximum Gasteiger partial charge on any atom is 0.320 e. The Kier molecular flexibility index (Phi) is 4.59. The second-order valence-electron chi connectivity index (χ2n) is 7.06. The molecule has 0 bridgehead atoms. The minimum atomic E-state index is -0.122. The van der Waals surface area contributed by atoms with Gasteiger partial charge in [0.15, 0.2) is 11.6 Å². The number of benzene rings is 4. The number of ether oxygens (including phenoxy) is 1. The van der Waals surface area contributed by atoms with Crippen molar-refractivity contribution in [3.8, 4) is 40.3 Å². The molecule has 2 N–H and O–H groups in total. The molecule has 1 aromatic heterocycles. The van der Waals surface area contributed by atoms with E-state index in [0.717, 1.165) is 27.1 Å². The fraction of sp³-hybridized carbons (Fsp3) is 0.0800. The molecule has 0 saturated carbocycles. The molecule has 0 unspecified atom stereocenters. The number of rotatable bonds is 4. The van der Waals surface area contributed by atoms with Crippen molar-refractivity contribution in [2.24, 2.45) is 0 Å². The summed E-state index contributed by atoms with van der Waals surface area (Å²) in [5.74, 6) is 0.297. The van der Waals surface area contributed by atoms with E-state index in [1.54, 1.807) is 6.07 Å². The first-order valence-electron chi connectivity index (χ1n) is 9.96. The van der Waals surface area contributed by atoms with Gasteiger partial charge >= 0.3 is 6.01 Å². The molecule has 152 valence electrons. The summed E-state index contributed by atoms with van der Waals surface area (Å²) < 4.78 is 5.58. The number of aromatic hydroxyl groups is 2. The Balaban J connectivity index is 1.83. The highest BCUT2D eigenvalue weighted by molar-refractivity contribution is 6.13. The van der Waals surface area contributed by atoms with E-state index in [9.17, 15) is 10.2 Å². The zero-order valence-electron chi connectivity index (χ0n) is 16.8. The van der Waals surface area contributed by atoms with E-state index in [4.69, 9.17) is 4.74 Å². The van der Waals surface area contributed by atoms with Crippen molar-refractivity contribution in [3.63, 3.8) is 0 Å². The van der Waals surface area contributed by atoms with Crippen LogP contribution in [0.15, 0.2) is 72.8 Å². The topological polar surface area (TPSA) is 88.4 Å². The van der Waals surface area contributed by atoms with Gasteiger partial charge in [-0.2, -0.15) is 9.97 Å². The fourth-order valence-corrected chi connectivity index (χ4v) is 3.78. The Labute approximate surface area is 178 Å². The van der Waals surface area contributed by atoms with E-state index in [1.807, 2.05) is 49.4 Å². The molecule has 6 heteroatoms. The van der Waals surface area contributed by atoms with Crippen molar-refractivity contribution >= 4 is 21.5 Å². The van der Waals surface area contributed by atoms with Crippen molar-refractivity contribution < 1.29 is 14.9 Å². The molecule has 5 rings (SSSR count). The van der Waals surface area contributed by atoms with Crippen LogP contribution in [-0.4, -0.2) is 31.8 Å². The van der Waals surface area contributed by atoms with Crippen LogP contribution in [-0.2, 0) is 0 Å². The van der Waals surface area contributed by atoms with Crippen LogP contribution in [0.2, 0.25) is 0 Å². The number of phenolic OH excluding ortho intramolecular Hbond substituents is 2.